The SMILES string of the molecule is CCOP(=O)(NC(=O)NCc1ccccc1C(F)(F)F)OCC. The lowest BCUT2D eigenvalue weighted by atomic mass is 10.1. The number of carbonyl (C=O) groups is 1. The number of hydrogen-bond acceptors (Lipinski definition) is 4. The number of carbonyl (C=O) groups excluding carboxylic acids is 1. The molecule has 0 radical (unpaired) electrons. The van der Waals surface area contributed by atoms with E-state index in [-0.39, 0.29) is 25.3 Å². The maximum absolute atomic E-state index is 12.8. The molecular weight excluding hydrogens is 336 g/mol. The number of alkyl halides is 3. The van der Waals surface area contributed by atoms with Crippen LogP contribution in [0, 0.1) is 0 Å². The Labute approximate surface area is 131 Å². The van der Waals surface area contributed by atoms with Crippen molar-refractivity contribution in [3.63, 3.8) is 0 Å². The van der Waals surface area contributed by atoms with Crippen LogP contribution in [0.5, 0.6) is 0 Å². The molecule has 0 spiro atoms. The van der Waals surface area contributed by atoms with Gasteiger partial charge in [-0.05, 0) is 25.5 Å². The van der Waals surface area contributed by atoms with Crippen molar-refractivity contribution < 1.29 is 31.6 Å². The molecule has 1 aromatic rings. The van der Waals surface area contributed by atoms with E-state index >= 15 is 0 Å². The molecule has 0 aliphatic rings. The van der Waals surface area contributed by atoms with E-state index in [2.05, 4.69) is 5.32 Å². The van der Waals surface area contributed by atoms with Gasteiger partial charge in [0.2, 0.25) is 0 Å². The summed E-state index contributed by atoms with van der Waals surface area (Å²) in [6, 6.07) is 3.89. The first-order valence-corrected chi connectivity index (χ1v) is 8.36. The lowest BCUT2D eigenvalue weighted by Gasteiger charge is -2.18. The van der Waals surface area contributed by atoms with Gasteiger partial charge in [-0.25, -0.2) is 14.4 Å². The molecule has 0 unspecified atom stereocenters. The molecule has 0 bridgehead atoms. The highest BCUT2D eigenvalue weighted by Crippen LogP contribution is 2.43. The van der Waals surface area contributed by atoms with Gasteiger partial charge < -0.3 is 5.32 Å². The van der Waals surface area contributed by atoms with Crippen LogP contribution in [0.15, 0.2) is 24.3 Å². The fourth-order valence-corrected chi connectivity index (χ4v) is 2.94. The van der Waals surface area contributed by atoms with Gasteiger partial charge in [-0.15, -0.1) is 0 Å². The molecule has 1 aromatic carbocycles. The van der Waals surface area contributed by atoms with Crippen LogP contribution in [0.4, 0.5) is 18.0 Å². The number of hydrogen-bond donors (Lipinski definition) is 2. The number of amides is 2. The monoisotopic (exact) mass is 354 g/mol. The van der Waals surface area contributed by atoms with E-state index in [1.165, 1.54) is 18.2 Å². The molecule has 0 heterocycles. The fraction of sp³-hybridized carbons (Fsp3) is 0.462. The molecule has 0 saturated heterocycles. The summed E-state index contributed by atoms with van der Waals surface area (Å²) in [5, 5.41) is 4.21. The Balaban J connectivity index is 2.72. The van der Waals surface area contributed by atoms with Gasteiger partial charge in [-0.2, -0.15) is 13.2 Å². The molecule has 0 saturated carbocycles. The van der Waals surface area contributed by atoms with Gasteiger partial charge in [-0.1, -0.05) is 18.2 Å². The Morgan fingerprint density at radius 2 is 1.74 bits per heavy atom. The van der Waals surface area contributed by atoms with Crippen molar-refractivity contribution in [2.75, 3.05) is 13.2 Å². The zero-order chi connectivity index (χ0) is 17.5. The summed E-state index contributed by atoms with van der Waals surface area (Å²) in [5.74, 6) is 0. The normalized spacial score (nSPS) is 12.0. The minimum Gasteiger partial charge on any atom is -0.334 e. The van der Waals surface area contributed by atoms with Gasteiger partial charge in [0.05, 0.1) is 18.8 Å². The molecular formula is C13H18F3N2O4P. The van der Waals surface area contributed by atoms with E-state index in [1.54, 1.807) is 13.8 Å². The average Bonchev–Trinajstić information content (AvgIpc) is 2.44. The molecule has 2 N–H and O–H groups in total. The van der Waals surface area contributed by atoms with E-state index in [1.807, 2.05) is 5.09 Å². The van der Waals surface area contributed by atoms with Gasteiger partial charge in [0.25, 0.3) is 0 Å². The summed E-state index contributed by atoms with van der Waals surface area (Å²) in [5.41, 5.74) is -0.962. The smallest absolute Gasteiger partial charge is 0.334 e. The van der Waals surface area contributed by atoms with Gasteiger partial charge in [0.1, 0.15) is 0 Å². The van der Waals surface area contributed by atoms with Crippen LogP contribution in [0.3, 0.4) is 0 Å². The number of halogens is 3. The molecule has 0 fully saturated rings. The van der Waals surface area contributed by atoms with Crippen molar-refractivity contribution in [2.45, 2.75) is 26.6 Å². The van der Waals surface area contributed by atoms with Gasteiger partial charge in [-0.3, -0.25) is 9.05 Å². The predicted octanol–water partition coefficient (Wildman–Crippen LogP) is 3.69. The molecule has 2 amide bonds. The van der Waals surface area contributed by atoms with Crippen molar-refractivity contribution >= 4 is 13.8 Å². The molecule has 0 atom stereocenters. The zero-order valence-electron chi connectivity index (χ0n) is 12.6. The summed E-state index contributed by atoms with van der Waals surface area (Å²) in [6.07, 6.45) is -4.53. The van der Waals surface area contributed by atoms with E-state index < -0.39 is 25.5 Å². The second-order valence-corrected chi connectivity index (χ2v) is 6.02. The van der Waals surface area contributed by atoms with E-state index in [4.69, 9.17) is 9.05 Å². The topological polar surface area (TPSA) is 76.7 Å². The second-order valence-electron chi connectivity index (χ2n) is 4.28. The first-order valence-electron chi connectivity index (χ1n) is 6.82. The van der Waals surface area contributed by atoms with Crippen molar-refractivity contribution in [2.24, 2.45) is 0 Å². The highest BCUT2D eigenvalue weighted by molar-refractivity contribution is 7.52. The van der Waals surface area contributed by atoms with E-state index in [9.17, 15) is 22.5 Å². The Kier molecular flexibility index (Phi) is 7.05. The third-order valence-electron chi connectivity index (χ3n) is 2.60. The zero-order valence-corrected chi connectivity index (χ0v) is 13.5. The highest BCUT2D eigenvalue weighted by Gasteiger charge is 2.33. The Morgan fingerprint density at radius 3 is 2.26 bits per heavy atom. The molecule has 0 aliphatic heterocycles. The Bertz CT molecular complexity index is 571. The molecule has 6 nitrogen and oxygen atoms in total. The van der Waals surface area contributed by atoms with Crippen LogP contribution in [0.25, 0.3) is 0 Å². The van der Waals surface area contributed by atoms with Gasteiger partial charge in [0, 0.05) is 6.54 Å². The van der Waals surface area contributed by atoms with Crippen LogP contribution in [0.1, 0.15) is 25.0 Å². The quantitative estimate of drug-likeness (QED) is 0.733. The van der Waals surface area contributed by atoms with Crippen molar-refractivity contribution in [3.8, 4) is 0 Å². The molecule has 130 valence electrons. The third-order valence-corrected chi connectivity index (χ3v) is 4.27. The minimum absolute atomic E-state index is 0.0362. The van der Waals surface area contributed by atoms with Crippen molar-refractivity contribution in [3.05, 3.63) is 35.4 Å². The molecule has 23 heavy (non-hydrogen) atoms. The number of nitrogens with one attached hydrogen (secondary N) is 2. The van der Waals surface area contributed by atoms with Crippen LogP contribution >= 0.6 is 7.75 Å². The van der Waals surface area contributed by atoms with Crippen LogP contribution in [0.2, 0.25) is 0 Å². The molecule has 0 aliphatic carbocycles. The fourth-order valence-electron chi connectivity index (χ4n) is 1.73. The van der Waals surface area contributed by atoms with Gasteiger partial charge in [0.15, 0.2) is 0 Å². The van der Waals surface area contributed by atoms with Crippen LogP contribution in [-0.4, -0.2) is 19.2 Å². The summed E-state index contributed by atoms with van der Waals surface area (Å²) in [4.78, 5) is 11.7. The summed E-state index contributed by atoms with van der Waals surface area (Å²) < 4.78 is 60.3. The number of rotatable bonds is 7. The maximum Gasteiger partial charge on any atom is 0.436 e. The van der Waals surface area contributed by atoms with Crippen LogP contribution < -0.4 is 10.4 Å². The highest BCUT2D eigenvalue weighted by atomic mass is 31.2. The Hall–Kier alpha value is -1.57. The van der Waals surface area contributed by atoms with E-state index in [0.29, 0.717) is 0 Å². The summed E-state index contributed by atoms with van der Waals surface area (Å²) in [7, 11) is -3.83. The first kappa shape index (κ1) is 19.5. The largest absolute Gasteiger partial charge is 0.436 e. The lowest BCUT2D eigenvalue weighted by molar-refractivity contribution is -0.138. The van der Waals surface area contributed by atoms with Crippen LogP contribution in [-0.2, 0) is 26.3 Å². The molecule has 10 heteroatoms. The number of urea groups is 1. The Morgan fingerprint density at radius 1 is 1.17 bits per heavy atom. The van der Waals surface area contributed by atoms with Gasteiger partial charge >= 0.3 is 20.0 Å². The lowest BCUT2D eigenvalue weighted by Crippen LogP contribution is -2.34. The summed E-state index contributed by atoms with van der Waals surface area (Å²) >= 11 is 0. The molecule has 1 rings (SSSR count). The van der Waals surface area contributed by atoms with Crippen molar-refractivity contribution in [1.82, 2.24) is 10.4 Å². The number of benzene rings is 1. The standard InChI is InChI=1S/C13H18F3N2O4P/c1-3-21-23(20,22-4-2)18-12(19)17-9-10-7-5-6-8-11(10)13(14,15)16/h5-8H,3-4,9H2,1-2H3,(H2,17,18,19,20). The second kappa shape index (κ2) is 8.33. The maximum atomic E-state index is 12.8. The average molecular weight is 354 g/mol. The van der Waals surface area contributed by atoms with E-state index in [0.717, 1.165) is 6.07 Å². The first-order chi connectivity index (χ1) is 10.7. The van der Waals surface area contributed by atoms with Crippen molar-refractivity contribution in [1.29, 1.82) is 0 Å². The minimum atomic E-state index is -4.53. The summed E-state index contributed by atoms with van der Waals surface area (Å²) in [6.45, 7) is 2.80. The third kappa shape index (κ3) is 6.21. The predicted molar refractivity (Wildman–Crippen MR) is 77.7 cm³/mol. The molecule has 0 aromatic heterocycles.